The van der Waals surface area contributed by atoms with Crippen LogP contribution in [-0.2, 0) is 4.79 Å². The van der Waals surface area contributed by atoms with Gasteiger partial charge in [0.1, 0.15) is 5.75 Å². The van der Waals surface area contributed by atoms with Crippen LogP contribution in [0.5, 0.6) is 5.75 Å². The summed E-state index contributed by atoms with van der Waals surface area (Å²) in [6, 6.07) is 12.9. The van der Waals surface area contributed by atoms with Crippen molar-refractivity contribution >= 4 is 34.3 Å². The van der Waals surface area contributed by atoms with Gasteiger partial charge in [0.2, 0.25) is 5.91 Å². The number of nitrogens with one attached hydrogen (secondary N) is 1. The van der Waals surface area contributed by atoms with E-state index in [-0.39, 0.29) is 16.9 Å². The van der Waals surface area contributed by atoms with E-state index in [9.17, 15) is 9.90 Å². The van der Waals surface area contributed by atoms with Gasteiger partial charge in [0.15, 0.2) is 0 Å². The Labute approximate surface area is 164 Å². The number of benzene rings is 2. The first-order valence-electron chi connectivity index (χ1n) is 9.02. The van der Waals surface area contributed by atoms with Crippen molar-refractivity contribution in [3.63, 3.8) is 0 Å². The molecule has 1 aromatic heterocycles. The fourth-order valence-electron chi connectivity index (χ4n) is 3.15. The zero-order valence-electron chi connectivity index (χ0n) is 16.0. The van der Waals surface area contributed by atoms with E-state index in [1.165, 1.54) is 17.3 Å². The normalized spacial score (nSPS) is 12.1. The number of amides is 1. The lowest BCUT2D eigenvalue weighted by Gasteiger charge is -2.16. The molecular formula is C22H24N2O2S. The summed E-state index contributed by atoms with van der Waals surface area (Å²) in [5.74, 6) is 0.0411. The van der Waals surface area contributed by atoms with Crippen LogP contribution < -0.4 is 5.32 Å². The van der Waals surface area contributed by atoms with Crippen molar-refractivity contribution in [3.05, 3.63) is 59.2 Å². The first-order chi connectivity index (χ1) is 12.9. The molecule has 140 valence electrons. The van der Waals surface area contributed by atoms with Crippen molar-refractivity contribution in [2.45, 2.75) is 44.4 Å². The number of aromatic hydroxyl groups is 1. The number of carbonyl (C=O) groups is 1. The van der Waals surface area contributed by atoms with E-state index in [0.29, 0.717) is 12.1 Å². The smallest absolute Gasteiger partial charge is 0.237 e. The van der Waals surface area contributed by atoms with E-state index in [1.807, 2.05) is 6.92 Å². The number of aromatic nitrogens is 1. The molecule has 1 heterocycles. The first kappa shape index (κ1) is 19.2. The standard InChI is InChI=1S/C22H24N2O2S/c1-5-19(22(26)23-16-7-6-8-17(25)12-16)27-20-11-14(3)18-10-13(2)9-15(4)21(18)24-20/h6-12,19,25H,5H2,1-4H3,(H,23,26). The minimum absolute atomic E-state index is 0.0896. The lowest BCUT2D eigenvalue weighted by molar-refractivity contribution is -0.115. The first-order valence-corrected chi connectivity index (χ1v) is 9.90. The Morgan fingerprint density at radius 2 is 1.93 bits per heavy atom. The van der Waals surface area contributed by atoms with Crippen LogP contribution in [0.25, 0.3) is 10.9 Å². The lowest BCUT2D eigenvalue weighted by Crippen LogP contribution is -2.24. The van der Waals surface area contributed by atoms with Gasteiger partial charge in [-0.05, 0) is 62.6 Å². The topological polar surface area (TPSA) is 62.2 Å². The lowest BCUT2D eigenvalue weighted by atomic mass is 10.0. The average Bonchev–Trinajstić information content (AvgIpc) is 2.60. The second-order valence-corrected chi connectivity index (χ2v) is 8.03. The molecule has 0 saturated heterocycles. The molecule has 1 unspecified atom stereocenters. The van der Waals surface area contributed by atoms with Gasteiger partial charge in [0.05, 0.1) is 15.8 Å². The predicted molar refractivity (Wildman–Crippen MR) is 113 cm³/mol. The molecule has 5 heteroatoms. The van der Waals surface area contributed by atoms with Crippen LogP contribution in [0.15, 0.2) is 47.5 Å². The molecule has 0 saturated carbocycles. The van der Waals surface area contributed by atoms with E-state index in [1.54, 1.807) is 24.3 Å². The Hall–Kier alpha value is -2.53. The quantitative estimate of drug-likeness (QED) is 0.584. The number of phenols is 1. The van der Waals surface area contributed by atoms with Gasteiger partial charge in [0.25, 0.3) is 0 Å². The van der Waals surface area contributed by atoms with E-state index in [4.69, 9.17) is 4.98 Å². The Morgan fingerprint density at radius 1 is 1.15 bits per heavy atom. The van der Waals surface area contributed by atoms with Gasteiger partial charge in [-0.15, -0.1) is 0 Å². The minimum Gasteiger partial charge on any atom is -0.508 e. The zero-order valence-corrected chi connectivity index (χ0v) is 16.9. The SMILES string of the molecule is CCC(Sc1cc(C)c2cc(C)cc(C)c2n1)C(=O)Nc1cccc(O)c1. The number of phenolic OH excluding ortho intramolecular Hbond substituents is 1. The number of pyridine rings is 1. The van der Waals surface area contributed by atoms with Crippen LogP contribution in [0, 0.1) is 20.8 Å². The van der Waals surface area contributed by atoms with Gasteiger partial charge >= 0.3 is 0 Å². The summed E-state index contributed by atoms with van der Waals surface area (Å²) < 4.78 is 0. The third-order valence-electron chi connectivity index (χ3n) is 4.47. The summed E-state index contributed by atoms with van der Waals surface area (Å²) >= 11 is 1.48. The summed E-state index contributed by atoms with van der Waals surface area (Å²) in [5.41, 5.74) is 5.12. The summed E-state index contributed by atoms with van der Waals surface area (Å²) in [6.45, 7) is 8.23. The predicted octanol–water partition coefficient (Wildman–Crippen LogP) is 5.38. The molecule has 4 nitrogen and oxygen atoms in total. The van der Waals surface area contributed by atoms with E-state index in [2.05, 4.69) is 44.3 Å². The highest BCUT2D eigenvalue weighted by molar-refractivity contribution is 8.00. The Morgan fingerprint density at radius 3 is 2.63 bits per heavy atom. The maximum atomic E-state index is 12.7. The van der Waals surface area contributed by atoms with Crippen molar-refractivity contribution in [2.75, 3.05) is 5.32 Å². The molecule has 0 aliphatic rings. The monoisotopic (exact) mass is 380 g/mol. The van der Waals surface area contributed by atoms with Gasteiger partial charge in [-0.1, -0.05) is 36.4 Å². The highest BCUT2D eigenvalue weighted by Crippen LogP contribution is 2.30. The van der Waals surface area contributed by atoms with Crippen molar-refractivity contribution in [1.82, 2.24) is 4.98 Å². The molecule has 27 heavy (non-hydrogen) atoms. The van der Waals surface area contributed by atoms with E-state index in [0.717, 1.165) is 27.1 Å². The molecule has 2 aromatic carbocycles. The number of aryl methyl sites for hydroxylation is 3. The third kappa shape index (κ3) is 4.42. The highest BCUT2D eigenvalue weighted by Gasteiger charge is 2.20. The largest absolute Gasteiger partial charge is 0.508 e. The molecule has 2 N–H and O–H groups in total. The number of fused-ring (bicyclic) bond motifs is 1. The molecule has 0 bridgehead atoms. The molecule has 0 aliphatic carbocycles. The molecule has 1 amide bonds. The maximum Gasteiger partial charge on any atom is 0.237 e. The highest BCUT2D eigenvalue weighted by atomic mass is 32.2. The van der Waals surface area contributed by atoms with Crippen LogP contribution in [0.1, 0.15) is 30.0 Å². The van der Waals surface area contributed by atoms with Crippen LogP contribution in [0.4, 0.5) is 5.69 Å². The second kappa shape index (κ2) is 8.01. The van der Waals surface area contributed by atoms with Crippen molar-refractivity contribution < 1.29 is 9.90 Å². The number of anilines is 1. The molecule has 1 atom stereocenters. The average molecular weight is 381 g/mol. The number of rotatable bonds is 5. The Bertz CT molecular complexity index is 1000. The molecular weight excluding hydrogens is 356 g/mol. The zero-order chi connectivity index (χ0) is 19.6. The summed E-state index contributed by atoms with van der Waals surface area (Å²) in [4.78, 5) is 17.5. The third-order valence-corrected chi connectivity index (χ3v) is 5.75. The van der Waals surface area contributed by atoms with E-state index >= 15 is 0 Å². The van der Waals surface area contributed by atoms with Crippen LogP contribution in [0.2, 0.25) is 0 Å². The van der Waals surface area contributed by atoms with Gasteiger partial charge < -0.3 is 10.4 Å². The Kier molecular flexibility index (Phi) is 5.71. The fourth-order valence-corrected chi connectivity index (χ4v) is 4.16. The fraction of sp³-hybridized carbons (Fsp3) is 0.273. The number of hydrogen-bond acceptors (Lipinski definition) is 4. The molecule has 0 radical (unpaired) electrons. The van der Waals surface area contributed by atoms with Gasteiger partial charge in [-0.3, -0.25) is 4.79 Å². The van der Waals surface area contributed by atoms with Gasteiger partial charge in [0, 0.05) is 17.1 Å². The summed E-state index contributed by atoms with van der Waals surface area (Å²) in [7, 11) is 0. The molecule has 0 spiro atoms. The molecule has 0 fully saturated rings. The number of thioether (sulfide) groups is 1. The maximum absolute atomic E-state index is 12.7. The van der Waals surface area contributed by atoms with Crippen LogP contribution in [-0.4, -0.2) is 21.2 Å². The molecule has 0 aliphatic heterocycles. The van der Waals surface area contributed by atoms with E-state index < -0.39 is 0 Å². The Balaban J connectivity index is 1.84. The molecule has 3 rings (SSSR count). The van der Waals surface area contributed by atoms with Crippen molar-refractivity contribution in [1.29, 1.82) is 0 Å². The van der Waals surface area contributed by atoms with Crippen molar-refractivity contribution in [2.24, 2.45) is 0 Å². The minimum atomic E-state index is -0.262. The van der Waals surface area contributed by atoms with Crippen molar-refractivity contribution in [3.8, 4) is 5.75 Å². The summed E-state index contributed by atoms with van der Waals surface area (Å²) in [6.07, 6.45) is 0.682. The number of hydrogen-bond donors (Lipinski definition) is 2. The summed E-state index contributed by atoms with van der Waals surface area (Å²) in [5, 5.41) is 14.2. The van der Waals surface area contributed by atoms with Gasteiger partial charge in [-0.2, -0.15) is 0 Å². The number of nitrogens with zero attached hydrogens (tertiary/aromatic N) is 1. The number of carbonyl (C=O) groups excluding carboxylic acids is 1. The molecule has 3 aromatic rings. The van der Waals surface area contributed by atoms with Crippen LogP contribution in [0.3, 0.4) is 0 Å². The van der Waals surface area contributed by atoms with Gasteiger partial charge in [-0.25, -0.2) is 4.98 Å². The second-order valence-electron chi connectivity index (χ2n) is 6.81. The van der Waals surface area contributed by atoms with Crippen LogP contribution >= 0.6 is 11.8 Å².